The normalized spacial score (nSPS) is 14.0. The Bertz CT molecular complexity index is 1570. The Kier molecular flexibility index (Phi) is 6.47. The third-order valence-electron chi connectivity index (χ3n) is 6.15. The first-order valence-electron chi connectivity index (χ1n) is 11.5. The lowest BCUT2D eigenvalue weighted by Gasteiger charge is -2.17. The van der Waals surface area contributed by atoms with Gasteiger partial charge in [-0.3, -0.25) is 19.3 Å². The summed E-state index contributed by atoms with van der Waals surface area (Å²) >= 11 is 6.36. The third-order valence-corrected chi connectivity index (χ3v) is 6.49. The number of hydrogen-bond acceptors (Lipinski definition) is 7. The predicted molar refractivity (Wildman–Crippen MR) is 132 cm³/mol. The summed E-state index contributed by atoms with van der Waals surface area (Å²) in [5.74, 6) is -1.09. The summed E-state index contributed by atoms with van der Waals surface area (Å²) in [6.45, 7) is 3.19. The monoisotopic (exact) mass is 525 g/mol. The molecule has 1 N–H and O–H groups in total. The van der Waals surface area contributed by atoms with Gasteiger partial charge in [0, 0.05) is 36.6 Å². The van der Waals surface area contributed by atoms with Crippen molar-refractivity contribution in [3.63, 3.8) is 0 Å². The van der Waals surface area contributed by atoms with Crippen LogP contribution in [-0.4, -0.2) is 35.2 Å². The summed E-state index contributed by atoms with van der Waals surface area (Å²) in [6.07, 6.45) is 5.95. The molecule has 190 valence electrons. The van der Waals surface area contributed by atoms with Crippen LogP contribution in [0.25, 0.3) is 17.1 Å². The molecular weight excluding hydrogens is 504 g/mol. The van der Waals surface area contributed by atoms with Crippen LogP contribution < -0.4 is 10.3 Å². The van der Waals surface area contributed by atoms with Gasteiger partial charge in [-0.1, -0.05) is 11.6 Å². The molecule has 8 nitrogen and oxygen atoms in total. The molecule has 4 aromatic rings. The highest BCUT2D eigenvalue weighted by Gasteiger charge is 2.41. The lowest BCUT2D eigenvalue weighted by Crippen LogP contribution is -2.23. The van der Waals surface area contributed by atoms with Gasteiger partial charge in [0.25, 0.3) is 5.56 Å². The molecular formula is C26H22ClF2N5O3. The zero-order valence-corrected chi connectivity index (χ0v) is 20.8. The van der Waals surface area contributed by atoms with E-state index in [0.29, 0.717) is 41.1 Å². The number of aromatic nitrogens is 5. The molecule has 0 bridgehead atoms. The van der Waals surface area contributed by atoms with Crippen LogP contribution in [0.3, 0.4) is 0 Å². The van der Waals surface area contributed by atoms with Crippen LogP contribution >= 0.6 is 11.6 Å². The zero-order valence-electron chi connectivity index (χ0n) is 20.0. The van der Waals surface area contributed by atoms with Crippen LogP contribution in [0.15, 0.2) is 47.7 Å². The number of ether oxygens (including phenoxy) is 1. The fraction of sp³-hybridized carbons (Fsp3) is 0.269. The maximum Gasteiger partial charge on any atom is 0.277 e. The number of aryl methyl sites for hydroxylation is 2. The van der Waals surface area contributed by atoms with Gasteiger partial charge >= 0.3 is 0 Å². The van der Waals surface area contributed by atoms with Crippen molar-refractivity contribution in [1.29, 1.82) is 0 Å². The molecule has 1 saturated carbocycles. The van der Waals surface area contributed by atoms with Crippen molar-refractivity contribution in [2.24, 2.45) is 0 Å². The zero-order chi connectivity index (χ0) is 26.3. The van der Waals surface area contributed by atoms with Gasteiger partial charge in [-0.2, -0.15) is 0 Å². The summed E-state index contributed by atoms with van der Waals surface area (Å²) in [6, 6.07) is 5.71. The van der Waals surface area contributed by atoms with Crippen molar-refractivity contribution in [2.45, 2.75) is 45.3 Å². The van der Waals surface area contributed by atoms with E-state index in [9.17, 15) is 18.7 Å². The van der Waals surface area contributed by atoms with Gasteiger partial charge in [0.05, 0.1) is 28.9 Å². The van der Waals surface area contributed by atoms with E-state index >= 15 is 0 Å². The minimum absolute atomic E-state index is 0.0522. The van der Waals surface area contributed by atoms with Crippen LogP contribution in [0.5, 0.6) is 5.75 Å². The van der Waals surface area contributed by atoms with Crippen molar-refractivity contribution in [2.75, 3.05) is 0 Å². The Morgan fingerprint density at radius 2 is 1.89 bits per heavy atom. The molecule has 5 rings (SSSR count). The largest absolute Gasteiger partial charge is 0.485 e. The van der Waals surface area contributed by atoms with E-state index in [1.54, 1.807) is 37.5 Å². The molecule has 0 amide bonds. The Balaban J connectivity index is 1.47. The predicted octanol–water partition coefficient (Wildman–Crippen LogP) is 4.28. The first kappa shape index (κ1) is 24.9. The molecule has 1 aliphatic carbocycles. The Morgan fingerprint density at radius 3 is 2.62 bits per heavy atom. The summed E-state index contributed by atoms with van der Waals surface area (Å²) in [5.41, 5.74) is 1.47. The van der Waals surface area contributed by atoms with Gasteiger partial charge in [-0.05, 0) is 44.4 Å². The van der Waals surface area contributed by atoms with E-state index in [1.165, 1.54) is 4.57 Å². The number of aliphatic hydroxyl groups is 1. The fourth-order valence-corrected chi connectivity index (χ4v) is 4.11. The molecule has 0 spiro atoms. The van der Waals surface area contributed by atoms with Gasteiger partial charge in [0.1, 0.15) is 34.7 Å². The molecule has 0 saturated heterocycles. The lowest BCUT2D eigenvalue weighted by atomic mass is 10.1. The molecule has 11 heteroatoms. The molecule has 4 aromatic heterocycles. The number of pyridine rings is 3. The van der Waals surface area contributed by atoms with Crippen molar-refractivity contribution in [3.05, 3.63) is 92.6 Å². The molecule has 1 fully saturated rings. The highest BCUT2D eigenvalue weighted by molar-refractivity contribution is 6.31. The molecule has 0 unspecified atom stereocenters. The van der Waals surface area contributed by atoms with Crippen molar-refractivity contribution >= 4 is 11.6 Å². The van der Waals surface area contributed by atoms with Crippen LogP contribution in [-0.2, 0) is 13.0 Å². The van der Waals surface area contributed by atoms with Gasteiger partial charge < -0.3 is 9.84 Å². The minimum atomic E-state index is -0.861. The second-order valence-electron chi connectivity index (χ2n) is 9.09. The van der Waals surface area contributed by atoms with E-state index in [1.807, 2.05) is 6.92 Å². The van der Waals surface area contributed by atoms with Crippen LogP contribution in [0, 0.1) is 25.5 Å². The summed E-state index contributed by atoms with van der Waals surface area (Å²) in [5, 5.41) is 10.0. The smallest absolute Gasteiger partial charge is 0.277 e. The van der Waals surface area contributed by atoms with E-state index in [4.69, 9.17) is 16.3 Å². The molecule has 1 aliphatic rings. The van der Waals surface area contributed by atoms with E-state index in [0.717, 1.165) is 24.6 Å². The summed E-state index contributed by atoms with van der Waals surface area (Å²) < 4.78 is 34.0. The third kappa shape index (κ3) is 5.21. The van der Waals surface area contributed by atoms with Crippen molar-refractivity contribution < 1.29 is 18.6 Å². The number of rotatable bonds is 7. The summed E-state index contributed by atoms with van der Waals surface area (Å²) in [7, 11) is 0. The number of hydrogen-bond donors (Lipinski definition) is 1. The summed E-state index contributed by atoms with van der Waals surface area (Å²) in [4.78, 5) is 30.2. The van der Waals surface area contributed by atoms with Crippen molar-refractivity contribution in [3.8, 4) is 22.8 Å². The van der Waals surface area contributed by atoms with Gasteiger partial charge in [0.15, 0.2) is 5.82 Å². The van der Waals surface area contributed by atoms with Crippen LogP contribution in [0.2, 0.25) is 5.02 Å². The Hall–Kier alpha value is -3.76. The Labute approximate surface area is 215 Å². The average molecular weight is 526 g/mol. The molecule has 4 heterocycles. The van der Waals surface area contributed by atoms with E-state index in [2.05, 4.69) is 19.9 Å². The second kappa shape index (κ2) is 9.60. The molecule has 0 aliphatic heterocycles. The topological polar surface area (TPSA) is 103 Å². The van der Waals surface area contributed by atoms with Crippen LogP contribution in [0.1, 0.15) is 35.6 Å². The standard InChI is InChI=1S/C26H22ClF2N5O3/c1-14-11-31-19(18-3-6-30-23(33-18)10-26(36)4-5-26)9-21(14)34-15(2)7-22(24(27)25(34)35)37-13-20-17(29)8-16(28)12-32-20/h3,6-9,11-12,36H,4-5,10,13H2,1-2H3. The average Bonchev–Trinajstić information content (AvgIpc) is 3.59. The van der Waals surface area contributed by atoms with E-state index in [-0.39, 0.29) is 23.1 Å². The highest BCUT2D eigenvalue weighted by Crippen LogP contribution is 2.37. The highest BCUT2D eigenvalue weighted by atomic mass is 35.5. The maximum atomic E-state index is 13.9. The fourth-order valence-electron chi connectivity index (χ4n) is 3.92. The lowest BCUT2D eigenvalue weighted by molar-refractivity contribution is 0.148. The van der Waals surface area contributed by atoms with E-state index < -0.39 is 22.8 Å². The van der Waals surface area contributed by atoms with Crippen LogP contribution in [0.4, 0.5) is 8.78 Å². The number of halogens is 3. The molecule has 0 atom stereocenters. The first-order chi connectivity index (χ1) is 17.6. The van der Waals surface area contributed by atoms with Gasteiger partial charge in [-0.15, -0.1) is 0 Å². The second-order valence-corrected chi connectivity index (χ2v) is 9.47. The molecule has 0 radical (unpaired) electrons. The Morgan fingerprint density at radius 1 is 1.11 bits per heavy atom. The maximum absolute atomic E-state index is 13.9. The minimum Gasteiger partial charge on any atom is -0.485 e. The quantitative estimate of drug-likeness (QED) is 0.384. The van der Waals surface area contributed by atoms with Crippen molar-refractivity contribution in [1.82, 2.24) is 24.5 Å². The number of nitrogens with zero attached hydrogens (tertiary/aromatic N) is 5. The van der Waals surface area contributed by atoms with Gasteiger partial charge in [-0.25, -0.2) is 18.7 Å². The molecule has 0 aromatic carbocycles. The van der Waals surface area contributed by atoms with Gasteiger partial charge in [0.2, 0.25) is 0 Å². The first-order valence-corrected chi connectivity index (χ1v) is 11.9. The molecule has 37 heavy (non-hydrogen) atoms. The SMILES string of the molecule is Cc1cnc(-c2ccnc(CC3(O)CC3)n2)cc1-n1c(C)cc(OCc2ncc(F)cc2F)c(Cl)c1=O.